The Balaban J connectivity index is 0.000000366. The lowest BCUT2D eigenvalue weighted by molar-refractivity contribution is -0.134. The molecule has 0 atom stereocenters. The van der Waals surface area contributed by atoms with Crippen molar-refractivity contribution in [2.75, 3.05) is 24.7 Å². The second kappa shape index (κ2) is 10.9. The summed E-state index contributed by atoms with van der Waals surface area (Å²) in [4.78, 5) is 33.1. The Labute approximate surface area is 180 Å². The van der Waals surface area contributed by atoms with Crippen molar-refractivity contribution in [3.63, 3.8) is 0 Å². The maximum Gasteiger partial charge on any atom is 0.328 e. The number of carbonyl (C=O) groups is 2. The van der Waals surface area contributed by atoms with Crippen molar-refractivity contribution in [3.8, 4) is 0 Å². The first-order chi connectivity index (χ1) is 14.6. The first-order valence-electron chi connectivity index (χ1n) is 9.69. The Kier molecular flexibility index (Phi) is 8.51. The third-order valence-electron chi connectivity index (χ3n) is 5.17. The molecule has 0 amide bonds. The van der Waals surface area contributed by atoms with Gasteiger partial charge < -0.3 is 20.1 Å². The van der Waals surface area contributed by atoms with Crippen LogP contribution in [0.2, 0.25) is 0 Å². The molecule has 1 saturated carbocycles. The summed E-state index contributed by atoms with van der Waals surface area (Å²) in [5, 5.41) is 16.6. The van der Waals surface area contributed by atoms with Gasteiger partial charge in [-0.3, -0.25) is 0 Å². The molecule has 11 nitrogen and oxygen atoms in total. The molecule has 2 aromatic rings. The summed E-state index contributed by atoms with van der Waals surface area (Å²) in [5.41, 5.74) is 0.843. The van der Waals surface area contributed by atoms with Crippen molar-refractivity contribution in [1.82, 2.24) is 19.7 Å². The largest absolute Gasteiger partial charge is 0.478 e. The summed E-state index contributed by atoms with van der Waals surface area (Å²) in [7, 11) is 0.419. The highest BCUT2D eigenvalue weighted by Gasteiger charge is 2.28. The van der Waals surface area contributed by atoms with Crippen LogP contribution in [0.5, 0.6) is 0 Å². The van der Waals surface area contributed by atoms with Gasteiger partial charge in [-0.05, 0) is 44.7 Å². The lowest BCUT2D eigenvalue weighted by Gasteiger charge is -2.35. The van der Waals surface area contributed by atoms with Gasteiger partial charge >= 0.3 is 11.9 Å². The molecule has 0 radical (unpaired) electrons. The van der Waals surface area contributed by atoms with Gasteiger partial charge in [-0.15, -0.1) is 0 Å². The molecule has 12 heteroatoms. The van der Waals surface area contributed by atoms with E-state index in [4.69, 9.17) is 10.2 Å². The van der Waals surface area contributed by atoms with Crippen LogP contribution >= 0.6 is 0 Å². The van der Waals surface area contributed by atoms with Crippen LogP contribution in [0.15, 0.2) is 30.7 Å². The van der Waals surface area contributed by atoms with Gasteiger partial charge in [-0.25, -0.2) is 32.7 Å². The molecule has 0 bridgehead atoms. The molecule has 3 rings (SSSR count). The quantitative estimate of drug-likeness (QED) is 0.451. The molecule has 0 aromatic carbocycles. The molecule has 0 aliphatic heterocycles. The van der Waals surface area contributed by atoms with E-state index in [1.165, 1.54) is 7.05 Å². The SMILES string of the molecule is CNS(=O)(=O)C[C@H]1CC[C@H](N(C)c2ncnc3[nH]ccc23)CC1.O=C(O)C=CC(=O)O. The molecule has 2 aromatic heterocycles. The fraction of sp³-hybridized carbons (Fsp3) is 0.474. The maximum absolute atomic E-state index is 11.7. The molecule has 170 valence electrons. The standard InChI is InChI=1S/C15H23N5O2S.C4H4O4/c1-16-23(21,22)9-11-3-5-12(6-4-11)20(2)15-13-7-8-17-14(13)18-10-19-15;5-3(6)1-2-4(7)8/h7-8,10-12,16H,3-6,9H2,1-2H3,(H,17,18,19);1-2H,(H,5,6)(H,7,8)/t11-,12-;. The number of rotatable bonds is 7. The van der Waals surface area contributed by atoms with Gasteiger partial charge in [0.2, 0.25) is 10.0 Å². The number of fused-ring (bicyclic) bond motifs is 1. The number of H-pyrrole nitrogens is 1. The van der Waals surface area contributed by atoms with Gasteiger partial charge in [0.15, 0.2) is 0 Å². The first kappa shape index (κ1) is 24.3. The normalized spacial score (nSPS) is 19.0. The molecule has 1 aliphatic carbocycles. The highest BCUT2D eigenvalue weighted by Crippen LogP contribution is 2.31. The van der Waals surface area contributed by atoms with Crippen LogP contribution in [0, 0.1) is 5.92 Å². The van der Waals surface area contributed by atoms with Gasteiger partial charge in [0.05, 0.1) is 11.1 Å². The van der Waals surface area contributed by atoms with E-state index in [0.29, 0.717) is 18.2 Å². The number of aromatic nitrogens is 3. The van der Waals surface area contributed by atoms with E-state index in [1.807, 2.05) is 12.3 Å². The first-order valence-corrected chi connectivity index (χ1v) is 11.3. The van der Waals surface area contributed by atoms with Crippen LogP contribution < -0.4 is 9.62 Å². The minimum atomic E-state index is -3.12. The molecule has 0 spiro atoms. The van der Waals surface area contributed by atoms with Crippen LogP contribution in [0.25, 0.3) is 11.0 Å². The Hall–Kier alpha value is -2.99. The number of anilines is 1. The van der Waals surface area contributed by atoms with Gasteiger partial charge in [0.1, 0.15) is 17.8 Å². The number of aliphatic carboxylic acids is 2. The minimum absolute atomic E-state index is 0.232. The van der Waals surface area contributed by atoms with Crippen LogP contribution in [-0.4, -0.2) is 71.4 Å². The second-order valence-corrected chi connectivity index (χ2v) is 9.19. The van der Waals surface area contributed by atoms with Crippen LogP contribution in [-0.2, 0) is 19.6 Å². The second-order valence-electron chi connectivity index (χ2n) is 7.22. The number of aromatic amines is 1. The number of nitrogens with zero attached hydrogens (tertiary/aromatic N) is 3. The summed E-state index contributed by atoms with van der Waals surface area (Å²) in [5.74, 6) is -1.10. The predicted molar refractivity (Wildman–Crippen MR) is 115 cm³/mol. The number of carboxylic acid groups (broad SMARTS) is 2. The molecule has 0 saturated heterocycles. The monoisotopic (exact) mass is 453 g/mol. The fourth-order valence-corrected chi connectivity index (χ4v) is 4.67. The molecular formula is C19H27N5O6S. The van der Waals surface area contributed by atoms with E-state index < -0.39 is 22.0 Å². The van der Waals surface area contributed by atoms with E-state index in [9.17, 15) is 18.0 Å². The number of carboxylic acids is 2. The highest BCUT2D eigenvalue weighted by molar-refractivity contribution is 7.89. The van der Waals surface area contributed by atoms with Crippen molar-refractivity contribution in [2.24, 2.45) is 5.92 Å². The Morgan fingerprint density at radius 2 is 1.81 bits per heavy atom. The summed E-state index contributed by atoms with van der Waals surface area (Å²) in [6.07, 6.45) is 8.39. The van der Waals surface area contributed by atoms with Gasteiger partial charge in [0, 0.05) is 31.4 Å². The molecule has 0 unspecified atom stereocenters. The van der Waals surface area contributed by atoms with E-state index in [1.54, 1.807) is 6.33 Å². The van der Waals surface area contributed by atoms with E-state index in [2.05, 4.69) is 31.6 Å². The van der Waals surface area contributed by atoms with Crippen molar-refractivity contribution >= 4 is 38.8 Å². The Morgan fingerprint density at radius 1 is 1.19 bits per heavy atom. The van der Waals surface area contributed by atoms with Crippen molar-refractivity contribution in [2.45, 2.75) is 31.7 Å². The molecular weight excluding hydrogens is 426 g/mol. The Bertz CT molecular complexity index is 1010. The number of sulfonamides is 1. The van der Waals surface area contributed by atoms with E-state index in [-0.39, 0.29) is 11.7 Å². The third-order valence-corrected chi connectivity index (χ3v) is 6.70. The summed E-state index contributed by atoms with van der Waals surface area (Å²) < 4.78 is 25.8. The predicted octanol–water partition coefficient (Wildman–Crippen LogP) is 1.21. The zero-order chi connectivity index (χ0) is 23.0. The topological polar surface area (TPSA) is 166 Å². The zero-order valence-corrected chi connectivity index (χ0v) is 18.2. The summed E-state index contributed by atoms with van der Waals surface area (Å²) in [6.45, 7) is 0. The fourth-order valence-electron chi connectivity index (χ4n) is 3.55. The molecule has 1 fully saturated rings. The van der Waals surface area contributed by atoms with Crippen LogP contribution in [0.3, 0.4) is 0 Å². The third kappa shape index (κ3) is 7.33. The zero-order valence-electron chi connectivity index (χ0n) is 17.4. The number of nitrogens with one attached hydrogen (secondary N) is 2. The van der Waals surface area contributed by atoms with Gasteiger partial charge in [0.25, 0.3) is 0 Å². The molecule has 1 aliphatic rings. The minimum Gasteiger partial charge on any atom is -0.478 e. The van der Waals surface area contributed by atoms with E-state index in [0.717, 1.165) is 42.5 Å². The average Bonchev–Trinajstić information content (AvgIpc) is 3.21. The smallest absolute Gasteiger partial charge is 0.328 e. The van der Waals surface area contributed by atoms with E-state index >= 15 is 0 Å². The molecule has 4 N–H and O–H groups in total. The molecule has 31 heavy (non-hydrogen) atoms. The summed E-state index contributed by atoms with van der Waals surface area (Å²) >= 11 is 0. The van der Waals surface area contributed by atoms with Crippen LogP contribution in [0.1, 0.15) is 25.7 Å². The Morgan fingerprint density at radius 3 is 2.35 bits per heavy atom. The van der Waals surface area contributed by atoms with Crippen molar-refractivity contribution in [3.05, 3.63) is 30.7 Å². The van der Waals surface area contributed by atoms with Gasteiger partial charge in [-0.2, -0.15) is 0 Å². The number of hydrogen-bond acceptors (Lipinski definition) is 7. The average molecular weight is 454 g/mol. The van der Waals surface area contributed by atoms with Crippen LogP contribution in [0.4, 0.5) is 5.82 Å². The summed E-state index contributed by atoms with van der Waals surface area (Å²) in [6, 6.07) is 2.38. The highest BCUT2D eigenvalue weighted by atomic mass is 32.2. The molecule has 2 heterocycles. The maximum atomic E-state index is 11.7. The lowest BCUT2D eigenvalue weighted by atomic mass is 9.86. The van der Waals surface area contributed by atoms with Crippen molar-refractivity contribution < 1.29 is 28.2 Å². The van der Waals surface area contributed by atoms with Gasteiger partial charge in [-0.1, -0.05) is 0 Å². The van der Waals surface area contributed by atoms with Crippen molar-refractivity contribution in [1.29, 1.82) is 0 Å². The lowest BCUT2D eigenvalue weighted by Crippen LogP contribution is -2.37. The number of hydrogen-bond donors (Lipinski definition) is 4.